The highest BCUT2D eigenvalue weighted by Crippen LogP contribution is 2.23. The van der Waals surface area contributed by atoms with Crippen LogP contribution in [0.3, 0.4) is 0 Å². The molecule has 1 nitrogen and oxygen atoms in total. The van der Waals surface area contributed by atoms with E-state index in [1.165, 1.54) is 6.42 Å². The molecule has 0 bridgehead atoms. The van der Waals surface area contributed by atoms with Crippen LogP contribution in [-0.2, 0) is 16.7 Å². The third-order valence-electron chi connectivity index (χ3n) is 1.06. The fourth-order valence-corrected chi connectivity index (χ4v) is 0.736. The van der Waals surface area contributed by atoms with Gasteiger partial charge in [-0.3, -0.25) is 0 Å². The first-order chi connectivity index (χ1) is 2.84. The molecule has 2 heteroatoms. The van der Waals surface area contributed by atoms with E-state index < -0.39 is 0 Å². The number of epoxide rings is 1. The molecular weight excluding hydrogens is 96.1 g/mol. The van der Waals surface area contributed by atoms with Gasteiger partial charge in [-0.05, 0) is 0 Å². The van der Waals surface area contributed by atoms with Crippen molar-refractivity contribution in [2.75, 3.05) is 6.61 Å². The summed E-state index contributed by atoms with van der Waals surface area (Å²) in [6.07, 6.45) is 1.86. The summed E-state index contributed by atoms with van der Waals surface area (Å²) in [5.74, 6) is 0. The fourth-order valence-electron chi connectivity index (χ4n) is 0.448. The van der Waals surface area contributed by atoms with E-state index in [0.29, 0.717) is 6.10 Å². The zero-order valence-corrected chi connectivity index (χ0v) is 4.62. The van der Waals surface area contributed by atoms with Gasteiger partial charge in [0.1, 0.15) is 0 Å². The normalized spacial score (nSPS) is 34.0. The van der Waals surface area contributed by atoms with E-state index in [1.54, 1.807) is 0 Å². The van der Waals surface area contributed by atoms with Gasteiger partial charge in [0.05, 0.1) is 0 Å². The summed E-state index contributed by atoms with van der Waals surface area (Å²) in [6, 6.07) is 0. The molecule has 0 aromatic carbocycles. The Morgan fingerprint density at radius 2 is 2.50 bits per heavy atom. The quantitative estimate of drug-likeness (QED) is 0.270. The summed E-state index contributed by atoms with van der Waals surface area (Å²) < 4.78 is 2.57. The highest BCUT2D eigenvalue weighted by Gasteiger charge is 2.31. The number of rotatable bonds is 1. The third-order valence-corrected chi connectivity index (χ3v) is 1.47. The van der Waals surface area contributed by atoms with E-state index in [1.807, 2.05) is 0 Å². The molecule has 1 saturated heterocycles. The van der Waals surface area contributed by atoms with Gasteiger partial charge in [-0.2, -0.15) is 0 Å². The standard InChI is InChI=1S/C4H8OS/c1-2-4-3-5(4)6/h4H,2-3H2,1H3. The van der Waals surface area contributed by atoms with Gasteiger partial charge in [-0.1, -0.05) is 6.92 Å². The zero-order valence-electron chi connectivity index (χ0n) is 3.81. The molecule has 1 aliphatic rings. The molecule has 0 spiro atoms. The zero-order chi connectivity index (χ0) is 4.57. The second-order valence-corrected chi connectivity index (χ2v) is 2.01. The lowest BCUT2D eigenvalue weighted by Gasteiger charge is -1.93. The number of hydrogen-bond donors (Lipinski definition) is 0. The van der Waals surface area contributed by atoms with Gasteiger partial charge in [0.25, 0.3) is 0 Å². The Morgan fingerprint density at radius 1 is 2.00 bits per heavy atom. The van der Waals surface area contributed by atoms with Gasteiger partial charge in [0.15, 0.2) is 0 Å². The van der Waals surface area contributed by atoms with Crippen molar-refractivity contribution in [3.05, 3.63) is 0 Å². The minimum atomic E-state index is 0.667. The van der Waals surface area contributed by atoms with Gasteiger partial charge in [0, 0.05) is 6.42 Å². The van der Waals surface area contributed by atoms with Crippen molar-refractivity contribution in [2.24, 2.45) is 0 Å². The predicted molar refractivity (Wildman–Crippen MR) is 27.4 cm³/mol. The minimum Gasteiger partial charge on any atom is -0.522 e. The molecule has 0 aliphatic carbocycles. The Hall–Kier alpha value is 0.310. The second-order valence-electron chi connectivity index (χ2n) is 1.58. The first kappa shape index (κ1) is 4.47. The summed E-state index contributed by atoms with van der Waals surface area (Å²) in [5, 5.41) is 0. The van der Waals surface area contributed by atoms with Crippen LogP contribution >= 0.6 is 0 Å². The summed E-state index contributed by atoms with van der Waals surface area (Å²) in [7, 11) is 0. The smallest absolute Gasteiger partial charge is 0.208 e. The topological polar surface area (TPSA) is 2.70 Å². The van der Waals surface area contributed by atoms with Gasteiger partial charge in [-0.25, -0.2) is 0 Å². The van der Waals surface area contributed by atoms with Crippen molar-refractivity contribution < 1.29 is 3.81 Å². The summed E-state index contributed by atoms with van der Waals surface area (Å²) in [5.41, 5.74) is 0. The second kappa shape index (κ2) is 1.43. The third kappa shape index (κ3) is 0.684. The maximum Gasteiger partial charge on any atom is 0.208 e. The maximum atomic E-state index is 4.70. The van der Waals surface area contributed by atoms with Crippen LogP contribution in [0.25, 0.3) is 0 Å². The van der Waals surface area contributed by atoms with Crippen molar-refractivity contribution in [3.8, 4) is 0 Å². The van der Waals surface area contributed by atoms with Crippen LogP contribution < -0.4 is 0 Å². The molecule has 0 N–H and O–H groups in total. The summed E-state index contributed by atoms with van der Waals surface area (Å²) in [4.78, 5) is 0. The molecule has 1 aliphatic heterocycles. The average molecular weight is 104 g/mol. The molecule has 1 atom stereocenters. The van der Waals surface area contributed by atoms with E-state index in [4.69, 9.17) is 12.9 Å². The van der Waals surface area contributed by atoms with E-state index >= 15 is 0 Å². The summed E-state index contributed by atoms with van der Waals surface area (Å²) in [6.45, 7) is 3.20. The van der Waals surface area contributed by atoms with Crippen molar-refractivity contribution in [1.29, 1.82) is 0 Å². The van der Waals surface area contributed by atoms with E-state index in [2.05, 4.69) is 10.7 Å². The van der Waals surface area contributed by atoms with Crippen LogP contribution in [0.2, 0.25) is 0 Å². The SMILES string of the molecule is CCC1C[O+]1[S-]. The highest BCUT2D eigenvalue weighted by atomic mass is 32.1. The lowest BCUT2D eigenvalue weighted by atomic mass is 10.4. The van der Waals surface area contributed by atoms with Gasteiger partial charge < -0.3 is 16.7 Å². The van der Waals surface area contributed by atoms with E-state index in [9.17, 15) is 0 Å². The lowest BCUT2D eigenvalue weighted by Crippen LogP contribution is -1.79. The van der Waals surface area contributed by atoms with E-state index in [-0.39, 0.29) is 0 Å². The van der Waals surface area contributed by atoms with Crippen molar-refractivity contribution in [3.63, 3.8) is 0 Å². The van der Waals surface area contributed by atoms with Crippen LogP contribution in [0, 0.1) is 0 Å². The molecule has 1 fully saturated rings. The fraction of sp³-hybridized carbons (Fsp3) is 1.00. The molecule has 6 heavy (non-hydrogen) atoms. The minimum absolute atomic E-state index is 0.667. The molecule has 1 heterocycles. The van der Waals surface area contributed by atoms with Gasteiger partial charge in [0.2, 0.25) is 12.7 Å². The Bertz CT molecular complexity index is 53.5. The van der Waals surface area contributed by atoms with Crippen molar-refractivity contribution in [2.45, 2.75) is 19.4 Å². The van der Waals surface area contributed by atoms with Crippen LogP contribution in [0.15, 0.2) is 0 Å². The number of hydrogen-bond acceptors (Lipinski definition) is 1. The van der Waals surface area contributed by atoms with Crippen molar-refractivity contribution in [1.82, 2.24) is 0 Å². The Morgan fingerprint density at radius 3 is 2.50 bits per heavy atom. The Labute approximate surface area is 43.6 Å². The molecule has 1 unspecified atom stereocenters. The van der Waals surface area contributed by atoms with Crippen LogP contribution in [0.1, 0.15) is 13.3 Å². The van der Waals surface area contributed by atoms with Crippen LogP contribution in [0.4, 0.5) is 0 Å². The molecule has 0 aromatic heterocycles. The molecule has 0 radical (unpaired) electrons. The van der Waals surface area contributed by atoms with Crippen molar-refractivity contribution >= 4 is 12.9 Å². The van der Waals surface area contributed by atoms with E-state index in [0.717, 1.165) is 6.61 Å². The first-order valence-electron chi connectivity index (χ1n) is 2.21. The maximum absolute atomic E-state index is 4.70. The Kier molecular flexibility index (Phi) is 1.06. The van der Waals surface area contributed by atoms with Crippen LogP contribution in [-0.4, -0.2) is 12.7 Å². The first-order valence-corrected chi connectivity index (χ1v) is 2.55. The molecule has 0 aromatic rings. The molecule has 0 saturated carbocycles. The van der Waals surface area contributed by atoms with Gasteiger partial charge in [-0.15, -0.1) is 0 Å². The van der Waals surface area contributed by atoms with Gasteiger partial charge >= 0.3 is 0 Å². The Balaban J connectivity index is 2.09. The summed E-state index contributed by atoms with van der Waals surface area (Å²) >= 11 is 4.70. The molecule has 0 amide bonds. The largest absolute Gasteiger partial charge is 0.522 e. The molecule has 36 valence electrons. The highest BCUT2D eigenvalue weighted by molar-refractivity contribution is 7.53. The molecule has 1 rings (SSSR count). The average Bonchev–Trinajstić information content (AvgIpc) is 2.19. The molecular formula is C4H8OS. The lowest BCUT2D eigenvalue weighted by molar-refractivity contribution is 0.296. The predicted octanol–water partition coefficient (Wildman–Crippen LogP) is 0.793. The van der Waals surface area contributed by atoms with Crippen LogP contribution in [0.5, 0.6) is 0 Å². The monoisotopic (exact) mass is 104 g/mol.